The van der Waals surface area contributed by atoms with Crippen molar-refractivity contribution in [1.82, 2.24) is 4.31 Å². The van der Waals surface area contributed by atoms with E-state index < -0.39 is 26.5 Å². The molecule has 0 spiro atoms. The molecule has 0 saturated carbocycles. The number of hydrogen-bond donors (Lipinski definition) is 0. The number of likely N-dealkylation sites (N-methyl/N-ethyl adjacent to an activating group) is 1. The van der Waals surface area contributed by atoms with Gasteiger partial charge < -0.3 is 4.74 Å². The summed E-state index contributed by atoms with van der Waals surface area (Å²) < 4.78 is 44.6. The number of benzene rings is 2. The van der Waals surface area contributed by atoms with Crippen molar-refractivity contribution in [1.29, 1.82) is 0 Å². The van der Waals surface area contributed by atoms with E-state index in [0.717, 1.165) is 16.4 Å². The molecule has 2 rings (SSSR count). The summed E-state index contributed by atoms with van der Waals surface area (Å²) in [6.07, 6.45) is 0. The van der Waals surface area contributed by atoms with Gasteiger partial charge in [-0.3, -0.25) is 10.1 Å². The molecule has 0 fully saturated rings. The minimum absolute atomic E-state index is 0.00384. The summed E-state index contributed by atoms with van der Waals surface area (Å²) in [7, 11) is -2.71. The van der Waals surface area contributed by atoms with Gasteiger partial charge in [0, 0.05) is 24.7 Å². The van der Waals surface area contributed by atoms with Gasteiger partial charge in [0.15, 0.2) is 0 Å². The van der Waals surface area contributed by atoms with Crippen LogP contribution < -0.4 is 4.74 Å². The summed E-state index contributed by atoms with van der Waals surface area (Å²) in [4.78, 5) is 9.41. The van der Waals surface area contributed by atoms with Crippen LogP contribution in [0.2, 0.25) is 5.02 Å². The van der Waals surface area contributed by atoms with Crippen molar-refractivity contribution >= 4 is 27.3 Å². The van der Waals surface area contributed by atoms with E-state index in [1.54, 1.807) is 24.3 Å². The van der Waals surface area contributed by atoms with Gasteiger partial charge >= 0.3 is 5.69 Å². The zero-order chi connectivity index (χ0) is 18.6. The highest BCUT2D eigenvalue weighted by Crippen LogP contribution is 2.23. The van der Waals surface area contributed by atoms with Gasteiger partial charge in [0.05, 0.1) is 9.82 Å². The minimum atomic E-state index is -4.01. The fourth-order valence-electron chi connectivity index (χ4n) is 1.92. The zero-order valence-corrected chi connectivity index (χ0v) is 14.6. The molecule has 0 radical (unpaired) electrons. The van der Waals surface area contributed by atoms with E-state index >= 15 is 0 Å². The predicted octanol–water partition coefficient (Wildman–Crippen LogP) is 3.09. The Labute approximate surface area is 148 Å². The van der Waals surface area contributed by atoms with E-state index in [0.29, 0.717) is 16.8 Å². The summed E-state index contributed by atoms with van der Waals surface area (Å²) in [5.74, 6) is -0.578. The van der Waals surface area contributed by atoms with E-state index in [4.69, 9.17) is 16.3 Å². The molecule has 25 heavy (non-hydrogen) atoms. The van der Waals surface area contributed by atoms with Gasteiger partial charge in [-0.25, -0.2) is 8.42 Å². The first kappa shape index (κ1) is 19.1. The molecule has 0 aromatic heterocycles. The number of nitro groups is 1. The van der Waals surface area contributed by atoms with Crippen LogP contribution in [0.1, 0.15) is 0 Å². The second-order valence-corrected chi connectivity index (χ2v) is 7.48. The van der Waals surface area contributed by atoms with Crippen LogP contribution in [0.4, 0.5) is 10.1 Å². The predicted molar refractivity (Wildman–Crippen MR) is 89.8 cm³/mol. The first-order valence-corrected chi connectivity index (χ1v) is 8.82. The van der Waals surface area contributed by atoms with Crippen LogP contribution in [0.25, 0.3) is 0 Å². The molecule has 0 atom stereocenters. The lowest BCUT2D eigenvalue weighted by Gasteiger charge is -2.17. The molecule has 0 unspecified atom stereocenters. The highest BCUT2D eigenvalue weighted by atomic mass is 35.5. The van der Waals surface area contributed by atoms with E-state index in [2.05, 4.69) is 0 Å². The molecule has 0 N–H and O–H groups in total. The molecule has 0 aliphatic heterocycles. The number of sulfonamides is 1. The molecule has 0 bridgehead atoms. The highest BCUT2D eigenvalue weighted by Gasteiger charge is 2.25. The summed E-state index contributed by atoms with van der Waals surface area (Å²) in [6, 6.07) is 8.98. The number of nitro benzene ring substituents is 1. The van der Waals surface area contributed by atoms with Gasteiger partial charge in [-0.2, -0.15) is 8.70 Å². The molecular formula is C15H14ClFN2O5S. The van der Waals surface area contributed by atoms with Gasteiger partial charge in [-0.1, -0.05) is 11.6 Å². The van der Waals surface area contributed by atoms with Gasteiger partial charge in [-0.15, -0.1) is 0 Å². The maximum Gasteiger partial charge on any atom is 0.306 e. The van der Waals surface area contributed by atoms with Gasteiger partial charge in [0.25, 0.3) is 0 Å². The van der Waals surface area contributed by atoms with E-state index in [1.165, 1.54) is 7.05 Å². The summed E-state index contributed by atoms with van der Waals surface area (Å²) >= 11 is 5.75. The third-order valence-corrected chi connectivity index (χ3v) is 5.42. The van der Waals surface area contributed by atoms with Crippen LogP contribution >= 0.6 is 11.6 Å². The molecule has 0 amide bonds. The lowest BCUT2D eigenvalue weighted by Crippen LogP contribution is -2.31. The number of halogens is 2. The fraction of sp³-hybridized carbons (Fsp3) is 0.200. The normalized spacial score (nSPS) is 11.5. The fourth-order valence-corrected chi connectivity index (χ4v) is 3.22. The Balaban J connectivity index is 2.07. The molecule has 10 heteroatoms. The van der Waals surface area contributed by atoms with Crippen LogP contribution in [0, 0.1) is 15.9 Å². The van der Waals surface area contributed by atoms with Crippen molar-refractivity contribution in [3.05, 3.63) is 63.4 Å². The second kappa shape index (κ2) is 7.77. The number of nitrogens with zero attached hydrogens (tertiary/aromatic N) is 2. The zero-order valence-electron chi connectivity index (χ0n) is 13.1. The van der Waals surface area contributed by atoms with Gasteiger partial charge in [0.1, 0.15) is 12.4 Å². The molecule has 0 aliphatic rings. The summed E-state index contributed by atoms with van der Waals surface area (Å²) in [5, 5.41) is 11.3. The number of ether oxygens (including phenoxy) is 1. The molecule has 0 aliphatic carbocycles. The van der Waals surface area contributed by atoms with Crippen molar-refractivity contribution in [2.24, 2.45) is 0 Å². The van der Waals surface area contributed by atoms with Crippen LogP contribution in [0.5, 0.6) is 5.75 Å². The lowest BCUT2D eigenvalue weighted by molar-refractivity contribution is -0.387. The van der Waals surface area contributed by atoms with Crippen LogP contribution in [-0.4, -0.2) is 37.8 Å². The van der Waals surface area contributed by atoms with Crippen molar-refractivity contribution in [3.8, 4) is 5.75 Å². The quantitative estimate of drug-likeness (QED) is 0.537. The Morgan fingerprint density at radius 1 is 1.24 bits per heavy atom. The maximum absolute atomic E-state index is 13.3. The first-order valence-electron chi connectivity index (χ1n) is 7.00. The average molecular weight is 389 g/mol. The maximum atomic E-state index is 13.3. The SMILES string of the molecule is CN(CCOc1ccc(Cl)cc1)S(=O)(=O)c1ccc(F)c([N+](=O)[O-])c1. The van der Waals surface area contributed by atoms with Gasteiger partial charge in [0.2, 0.25) is 15.8 Å². The van der Waals surface area contributed by atoms with Crippen molar-refractivity contribution < 1.29 is 22.5 Å². The second-order valence-electron chi connectivity index (χ2n) is 5.00. The molecule has 7 nitrogen and oxygen atoms in total. The van der Waals surface area contributed by atoms with Crippen molar-refractivity contribution in [3.63, 3.8) is 0 Å². The molecule has 2 aromatic rings. The smallest absolute Gasteiger partial charge is 0.306 e. The first-order chi connectivity index (χ1) is 11.7. The van der Waals surface area contributed by atoms with E-state index in [9.17, 15) is 22.9 Å². The molecule has 2 aromatic carbocycles. The third kappa shape index (κ3) is 4.65. The Bertz CT molecular complexity index is 874. The molecule has 134 valence electrons. The average Bonchev–Trinajstić information content (AvgIpc) is 2.56. The summed E-state index contributed by atoms with van der Waals surface area (Å²) in [6.45, 7) is 0.0524. The Kier molecular flexibility index (Phi) is 5.93. The molecule has 0 heterocycles. The van der Waals surface area contributed by atoms with Crippen molar-refractivity contribution in [2.45, 2.75) is 4.90 Å². The molecular weight excluding hydrogens is 375 g/mol. The standard InChI is InChI=1S/C15H14ClFN2O5S/c1-18(8-9-24-12-4-2-11(16)3-5-12)25(22,23)13-6-7-14(17)15(10-13)19(20)21/h2-7,10H,8-9H2,1H3. The van der Waals surface area contributed by atoms with E-state index in [-0.39, 0.29) is 18.0 Å². The topological polar surface area (TPSA) is 89.8 Å². The van der Waals surface area contributed by atoms with Gasteiger partial charge in [-0.05, 0) is 36.4 Å². The van der Waals surface area contributed by atoms with Crippen LogP contribution in [0.3, 0.4) is 0 Å². The lowest BCUT2D eigenvalue weighted by atomic mass is 10.3. The number of hydrogen-bond acceptors (Lipinski definition) is 5. The Hall–Kier alpha value is -2.23. The van der Waals surface area contributed by atoms with E-state index in [1.807, 2.05) is 0 Å². The Morgan fingerprint density at radius 2 is 1.88 bits per heavy atom. The molecule has 0 saturated heterocycles. The van der Waals surface area contributed by atoms with Crippen LogP contribution in [0.15, 0.2) is 47.4 Å². The Morgan fingerprint density at radius 3 is 2.48 bits per heavy atom. The van der Waals surface area contributed by atoms with Crippen molar-refractivity contribution in [2.75, 3.05) is 20.2 Å². The third-order valence-electron chi connectivity index (χ3n) is 3.31. The monoisotopic (exact) mass is 388 g/mol. The minimum Gasteiger partial charge on any atom is -0.492 e. The highest BCUT2D eigenvalue weighted by molar-refractivity contribution is 7.89. The number of rotatable bonds is 7. The van der Waals surface area contributed by atoms with Crippen LogP contribution in [-0.2, 0) is 10.0 Å². The summed E-state index contributed by atoms with van der Waals surface area (Å²) in [5.41, 5.74) is -0.896. The largest absolute Gasteiger partial charge is 0.492 e.